The van der Waals surface area contributed by atoms with Gasteiger partial charge in [0.25, 0.3) is 0 Å². The highest BCUT2D eigenvalue weighted by Crippen LogP contribution is 2.17. The van der Waals surface area contributed by atoms with Crippen LogP contribution in [-0.2, 0) is 14.3 Å². The van der Waals surface area contributed by atoms with Gasteiger partial charge in [-0.15, -0.1) is 0 Å². The van der Waals surface area contributed by atoms with Crippen LogP contribution < -0.4 is 0 Å². The van der Waals surface area contributed by atoms with Crippen LogP contribution in [0, 0.1) is 0 Å². The number of ether oxygens (including phenoxy) is 2. The van der Waals surface area contributed by atoms with Crippen molar-refractivity contribution in [1.82, 2.24) is 0 Å². The summed E-state index contributed by atoms with van der Waals surface area (Å²) in [5.74, 6) is -0.0994. The van der Waals surface area contributed by atoms with Crippen molar-refractivity contribution in [3.63, 3.8) is 0 Å². The SMILES string of the molecule is CCCCCCCCCCCCCCCCCCOC(CCCCCCCCCCCCCC)C(=O)OCCCCCCCCCCCCCC. The molecule has 0 saturated carbocycles. The monoisotopic (exact) mass is 721 g/mol. The van der Waals surface area contributed by atoms with Crippen molar-refractivity contribution in [3.05, 3.63) is 0 Å². The normalized spacial score (nSPS) is 12.1. The Kier molecular flexibility index (Phi) is 45.1. The Labute approximate surface area is 322 Å². The molecule has 0 N–H and O–H groups in total. The Bertz CT molecular complexity index is 634. The van der Waals surface area contributed by atoms with E-state index in [2.05, 4.69) is 20.8 Å². The fraction of sp³-hybridized carbons (Fsp3) is 0.979. The first-order chi connectivity index (χ1) is 25.3. The molecule has 0 fully saturated rings. The summed E-state index contributed by atoms with van der Waals surface area (Å²) < 4.78 is 12.0. The Balaban J connectivity index is 4.04. The molecule has 0 spiro atoms. The molecule has 0 aromatic rings. The third-order valence-electron chi connectivity index (χ3n) is 11.1. The number of carbonyl (C=O) groups is 1. The van der Waals surface area contributed by atoms with E-state index >= 15 is 0 Å². The Morgan fingerprint density at radius 3 is 0.843 bits per heavy atom. The third-order valence-corrected chi connectivity index (χ3v) is 11.1. The summed E-state index contributed by atoms with van der Waals surface area (Å²) in [6, 6.07) is 0. The predicted octanol–water partition coefficient (Wildman–Crippen LogP) is 17.0. The van der Waals surface area contributed by atoms with E-state index in [1.807, 2.05) is 0 Å². The lowest BCUT2D eigenvalue weighted by atomic mass is 10.0. The lowest BCUT2D eigenvalue weighted by Gasteiger charge is -2.17. The van der Waals surface area contributed by atoms with Gasteiger partial charge in [-0.1, -0.05) is 265 Å². The molecule has 1 atom stereocenters. The maximum absolute atomic E-state index is 13.0. The summed E-state index contributed by atoms with van der Waals surface area (Å²) in [6.07, 6.45) is 54.4. The maximum Gasteiger partial charge on any atom is 0.335 e. The largest absolute Gasteiger partial charge is 0.464 e. The molecule has 0 heterocycles. The van der Waals surface area contributed by atoms with E-state index < -0.39 is 0 Å². The van der Waals surface area contributed by atoms with Gasteiger partial charge in [-0.3, -0.25) is 0 Å². The summed E-state index contributed by atoms with van der Waals surface area (Å²) in [5, 5.41) is 0. The first-order valence-electron chi connectivity index (χ1n) is 24.0. The van der Waals surface area contributed by atoms with Crippen LogP contribution in [0.1, 0.15) is 284 Å². The topological polar surface area (TPSA) is 35.5 Å². The van der Waals surface area contributed by atoms with Crippen LogP contribution in [0.15, 0.2) is 0 Å². The third kappa shape index (κ3) is 42.0. The minimum atomic E-state index is -0.359. The maximum atomic E-state index is 13.0. The number of carbonyl (C=O) groups excluding carboxylic acids is 1. The smallest absolute Gasteiger partial charge is 0.335 e. The van der Waals surface area contributed by atoms with E-state index in [9.17, 15) is 4.79 Å². The van der Waals surface area contributed by atoms with Gasteiger partial charge in [0.1, 0.15) is 0 Å². The number of esters is 1. The van der Waals surface area contributed by atoms with Crippen LogP contribution in [0.3, 0.4) is 0 Å². The second-order valence-electron chi connectivity index (χ2n) is 16.4. The summed E-state index contributed by atoms with van der Waals surface area (Å²) in [7, 11) is 0. The van der Waals surface area contributed by atoms with E-state index in [4.69, 9.17) is 9.47 Å². The van der Waals surface area contributed by atoms with E-state index in [-0.39, 0.29) is 12.1 Å². The molecule has 0 aliphatic heterocycles. The number of hydrogen-bond acceptors (Lipinski definition) is 3. The zero-order chi connectivity index (χ0) is 37.0. The molecule has 51 heavy (non-hydrogen) atoms. The molecule has 0 aromatic heterocycles. The number of hydrogen-bond donors (Lipinski definition) is 0. The van der Waals surface area contributed by atoms with Gasteiger partial charge in [0.15, 0.2) is 6.10 Å². The zero-order valence-corrected chi connectivity index (χ0v) is 35.7. The summed E-state index contributed by atoms with van der Waals surface area (Å²) >= 11 is 0. The van der Waals surface area contributed by atoms with Gasteiger partial charge in [-0.05, 0) is 19.3 Å². The fourth-order valence-electron chi connectivity index (χ4n) is 7.52. The van der Waals surface area contributed by atoms with Crippen molar-refractivity contribution in [2.45, 2.75) is 290 Å². The molecule has 0 radical (unpaired) electrons. The lowest BCUT2D eigenvalue weighted by Crippen LogP contribution is -2.27. The molecule has 306 valence electrons. The molecule has 0 aliphatic rings. The molecule has 3 heteroatoms. The van der Waals surface area contributed by atoms with Crippen LogP contribution >= 0.6 is 0 Å². The van der Waals surface area contributed by atoms with Gasteiger partial charge >= 0.3 is 5.97 Å². The van der Waals surface area contributed by atoms with Crippen molar-refractivity contribution < 1.29 is 14.3 Å². The quantitative estimate of drug-likeness (QED) is 0.0464. The highest BCUT2D eigenvalue weighted by molar-refractivity contribution is 5.74. The minimum Gasteiger partial charge on any atom is -0.464 e. The van der Waals surface area contributed by atoms with Gasteiger partial charge in [-0.2, -0.15) is 0 Å². The van der Waals surface area contributed by atoms with Crippen molar-refractivity contribution in [1.29, 1.82) is 0 Å². The van der Waals surface area contributed by atoms with E-state index in [0.717, 1.165) is 25.7 Å². The molecule has 1 unspecified atom stereocenters. The average molecular weight is 721 g/mol. The van der Waals surface area contributed by atoms with Gasteiger partial charge < -0.3 is 9.47 Å². The van der Waals surface area contributed by atoms with E-state index in [1.165, 1.54) is 238 Å². The highest BCUT2D eigenvalue weighted by atomic mass is 16.6. The summed E-state index contributed by atoms with van der Waals surface area (Å²) in [6.45, 7) is 8.14. The van der Waals surface area contributed by atoms with Crippen LogP contribution in [-0.4, -0.2) is 25.3 Å². The Hall–Kier alpha value is -0.570. The van der Waals surface area contributed by atoms with Gasteiger partial charge in [-0.25, -0.2) is 4.79 Å². The van der Waals surface area contributed by atoms with Crippen LogP contribution in [0.4, 0.5) is 0 Å². The Morgan fingerprint density at radius 1 is 0.314 bits per heavy atom. The standard InChI is InChI=1S/C48H96O3/c1-4-7-10-13-16-19-22-25-26-27-28-31-33-36-39-42-45-50-47(44-41-38-35-32-29-23-20-17-14-11-8-5-2)48(49)51-46-43-40-37-34-30-24-21-18-15-12-9-6-3/h47H,4-46H2,1-3H3. The highest BCUT2D eigenvalue weighted by Gasteiger charge is 2.20. The molecule has 3 nitrogen and oxygen atoms in total. The Morgan fingerprint density at radius 2 is 0.549 bits per heavy atom. The van der Waals surface area contributed by atoms with E-state index in [0.29, 0.717) is 13.2 Å². The molecular weight excluding hydrogens is 625 g/mol. The van der Waals surface area contributed by atoms with Crippen molar-refractivity contribution in [2.24, 2.45) is 0 Å². The van der Waals surface area contributed by atoms with Crippen molar-refractivity contribution >= 4 is 5.97 Å². The van der Waals surface area contributed by atoms with E-state index in [1.54, 1.807) is 0 Å². The fourth-order valence-corrected chi connectivity index (χ4v) is 7.52. The van der Waals surface area contributed by atoms with Crippen LogP contribution in [0.5, 0.6) is 0 Å². The molecular formula is C48H96O3. The molecule has 0 aromatic carbocycles. The summed E-state index contributed by atoms with van der Waals surface area (Å²) in [5.41, 5.74) is 0. The second kappa shape index (κ2) is 45.6. The van der Waals surface area contributed by atoms with Gasteiger partial charge in [0.2, 0.25) is 0 Å². The van der Waals surface area contributed by atoms with Crippen molar-refractivity contribution in [3.8, 4) is 0 Å². The number of unbranched alkanes of at least 4 members (excludes halogenated alkanes) is 37. The summed E-state index contributed by atoms with van der Waals surface area (Å²) in [4.78, 5) is 13.0. The zero-order valence-electron chi connectivity index (χ0n) is 35.7. The molecule has 0 amide bonds. The lowest BCUT2D eigenvalue weighted by molar-refractivity contribution is -0.158. The molecule has 0 rings (SSSR count). The van der Waals surface area contributed by atoms with Crippen molar-refractivity contribution in [2.75, 3.05) is 13.2 Å². The number of rotatable bonds is 45. The molecule has 0 bridgehead atoms. The van der Waals surface area contributed by atoms with Gasteiger partial charge in [0, 0.05) is 6.61 Å². The predicted molar refractivity (Wildman–Crippen MR) is 227 cm³/mol. The van der Waals surface area contributed by atoms with Gasteiger partial charge in [0.05, 0.1) is 6.61 Å². The molecule has 0 aliphatic carbocycles. The van der Waals surface area contributed by atoms with Crippen LogP contribution in [0.2, 0.25) is 0 Å². The first-order valence-corrected chi connectivity index (χ1v) is 24.0. The minimum absolute atomic E-state index is 0.0994. The second-order valence-corrected chi connectivity index (χ2v) is 16.4. The first kappa shape index (κ1) is 50.4. The molecule has 0 saturated heterocycles. The van der Waals surface area contributed by atoms with Crippen LogP contribution in [0.25, 0.3) is 0 Å². The average Bonchev–Trinajstić information content (AvgIpc) is 3.14.